The minimum Gasteiger partial charge on any atom is -0.491 e. The Balaban J connectivity index is 1.68. The molecular weight excluding hydrogens is 340 g/mol. The van der Waals surface area contributed by atoms with Gasteiger partial charge in [-0.2, -0.15) is 0 Å². The third kappa shape index (κ3) is 8.13. The van der Waals surface area contributed by atoms with Gasteiger partial charge in [-0.15, -0.1) is 0 Å². The van der Waals surface area contributed by atoms with Crippen molar-refractivity contribution < 1.29 is 14.3 Å². The topological polar surface area (TPSA) is 59.6 Å². The summed E-state index contributed by atoms with van der Waals surface area (Å²) in [6.45, 7) is 9.99. The van der Waals surface area contributed by atoms with Gasteiger partial charge in [0.2, 0.25) is 0 Å². The zero-order valence-electron chi connectivity index (χ0n) is 16.7. The molecule has 0 saturated carbocycles. The lowest BCUT2D eigenvalue weighted by Crippen LogP contribution is -2.37. The highest BCUT2D eigenvalue weighted by Crippen LogP contribution is 2.15. The first-order chi connectivity index (χ1) is 12.8. The summed E-state index contributed by atoms with van der Waals surface area (Å²) in [6, 6.07) is 15.7. The van der Waals surface area contributed by atoms with E-state index in [0.717, 1.165) is 22.4 Å². The van der Waals surface area contributed by atoms with Crippen molar-refractivity contribution in [2.24, 2.45) is 0 Å². The third-order valence-corrected chi connectivity index (χ3v) is 3.86. The second-order valence-corrected chi connectivity index (χ2v) is 7.44. The maximum atomic E-state index is 11.9. The summed E-state index contributed by atoms with van der Waals surface area (Å²) in [4.78, 5) is 11.9. The van der Waals surface area contributed by atoms with E-state index in [1.54, 1.807) is 0 Å². The van der Waals surface area contributed by atoms with Gasteiger partial charge in [0.1, 0.15) is 12.4 Å². The normalized spacial score (nSPS) is 11.1. The first-order valence-corrected chi connectivity index (χ1v) is 9.25. The van der Waals surface area contributed by atoms with Crippen molar-refractivity contribution in [2.75, 3.05) is 13.2 Å². The van der Waals surface area contributed by atoms with Gasteiger partial charge >= 0.3 is 6.03 Å². The third-order valence-electron chi connectivity index (χ3n) is 3.86. The number of urea groups is 1. The smallest absolute Gasteiger partial charge is 0.315 e. The predicted octanol–water partition coefficient (Wildman–Crippen LogP) is 4.19. The van der Waals surface area contributed by atoms with E-state index in [2.05, 4.69) is 10.6 Å². The van der Waals surface area contributed by atoms with E-state index in [-0.39, 0.29) is 11.6 Å². The zero-order chi connectivity index (χ0) is 19.7. The molecule has 27 heavy (non-hydrogen) atoms. The molecule has 2 aromatic carbocycles. The molecule has 5 nitrogen and oxygen atoms in total. The van der Waals surface area contributed by atoms with E-state index >= 15 is 0 Å². The average Bonchev–Trinajstić information content (AvgIpc) is 2.63. The molecule has 2 aromatic rings. The van der Waals surface area contributed by atoms with Gasteiger partial charge in [-0.3, -0.25) is 0 Å². The Labute approximate surface area is 162 Å². The highest BCUT2D eigenvalue weighted by Gasteiger charge is 2.10. The second-order valence-electron chi connectivity index (χ2n) is 7.44. The van der Waals surface area contributed by atoms with Crippen molar-refractivity contribution >= 4 is 6.03 Å². The minimum atomic E-state index is -0.209. The summed E-state index contributed by atoms with van der Waals surface area (Å²) in [5.41, 5.74) is 3.04. The predicted molar refractivity (Wildman–Crippen MR) is 108 cm³/mol. The van der Waals surface area contributed by atoms with Crippen molar-refractivity contribution in [2.45, 2.75) is 46.4 Å². The Kier molecular flexibility index (Phi) is 7.67. The van der Waals surface area contributed by atoms with Crippen LogP contribution in [0, 0.1) is 6.92 Å². The maximum absolute atomic E-state index is 11.9. The van der Waals surface area contributed by atoms with Crippen LogP contribution in [0.5, 0.6) is 5.75 Å². The first kappa shape index (κ1) is 20.8. The fourth-order valence-electron chi connectivity index (χ4n) is 2.42. The molecule has 0 aliphatic carbocycles. The number of para-hydroxylation sites is 1. The molecule has 0 atom stereocenters. The van der Waals surface area contributed by atoms with Gasteiger partial charge in [0.05, 0.1) is 18.8 Å². The molecule has 0 unspecified atom stereocenters. The van der Waals surface area contributed by atoms with Crippen LogP contribution in [-0.2, 0) is 17.9 Å². The number of benzene rings is 2. The number of carbonyl (C=O) groups is 1. The number of carbonyl (C=O) groups excluding carboxylic acids is 1. The van der Waals surface area contributed by atoms with Crippen LogP contribution in [0.15, 0.2) is 48.5 Å². The number of ether oxygens (including phenoxy) is 2. The number of hydrogen-bond acceptors (Lipinski definition) is 3. The lowest BCUT2D eigenvalue weighted by Gasteiger charge is -2.19. The summed E-state index contributed by atoms with van der Waals surface area (Å²) in [5, 5.41) is 5.66. The van der Waals surface area contributed by atoms with Crippen molar-refractivity contribution in [1.82, 2.24) is 10.6 Å². The molecule has 0 spiro atoms. The summed E-state index contributed by atoms with van der Waals surface area (Å²) in [7, 11) is 0. The van der Waals surface area contributed by atoms with Gasteiger partial charge in [-0.1, -0.05) is 42.5 Å². The molecule has 2 N–H and O–H groups in total. The van der Waals surface area contributed by atoms with Crippen LogP contribution in [-0.4, -0.2) is 24.8 Å². The van der Waals surface area contributed by atoms with Crippen molar-refractivity contribution in [1.29, 1.82) is 0 Å². The SMILES string of the molecule is Cc1ccccc1OCCNC(=O)NCc1cccc(COC(C)(C)C)c1. The molecule has 0 saturated heterocycles. The highest BCUT2D eigenvalue weighted by atomic mass is 16.5. The standard InChI is InChI=1S/C22H30N2O3/c1-17-8-5-6-11-20(17)26-13-12-23-21(25)24-15-18-9-7-10-19(14-18)16-27-22(2,3)4/h5-11,14H,12-13,15-16H2,1-4H3,(H2,23,24,25). The first-order valence-electron chi connectivity index (χ1n) is 9.25. The van der Waals surface area contributed by atoms with Gasteiger partial charge in [-0.05, 0) is 50.5 Å². The molecule has 146 valence electrons. The van der Waals surface area contributed by atoms with Crippen molar-refractivity contribution in [3.8, 4) is 5.75 Å². The summed E-state index contributed by atoms with van der Waals surface area (Å²) < 4.78 is 11.5. The lowest BCUT2D eigenvalue weighted by molar-refractivity contribution is -0.0149. The Bertz CT molecular complexity index is 738. The maximum Gasteiger partial charge on any atom is 0.315 e. The van der Waals surface area contributed by atoms with Gasteiger partial charge in [-0.25, -0.2) is 4.79 Å². The molecule has 2 rings (SSSR count). The van der Waals surface area contributed by atoms with Gasteiger partial charge in [0.25, 0.3) is 0 Å². The van der Waals surface area contributed by atoms with E-state index in [1.165, 1.54) is 0 Å². The number of nitrogens with one attached hydrogen (secondary N) is 2. The van der Waals surface area contributed by atoms with Crippen LogP contribution in [0.25, 0.3) is 0 Å². The molecule has 2 amide bonds. The van der Waals surface area contributed by atoms with Crippen LogP contribution < -0.4 is 15.4 Å². The van der Waals surface area contributed by atoms with E-state index < -0.39 is 0 Å². The largest absolute Gasteiger partial charge is 0.491 e. The molecule has 5 heteroatoms. The van der Waals surface area contributed by atoms with Crippen LogP contribution in [0.1, 0.15) is 37.5 Å². The van der Waals surface area contributed by atoms with E-state index in [0.29, 0.717) is 26.3 Å². The molecule has 0 aromatic heterocycles. The molecule has 0 radical (unpaired) electrons. The van der Waals surface area contributed by atoms with E-state index in [4.69, 9.17) is 9.47 Å². The molecule has 0 heterocycles. The monoisotopic (exact) mass is 370 g/mol. The number of aryl methyl sites for hydroxylation is 1. The zero-order valence-corrected chi connectivity index (χ0v) is 16.7. The number of amides is 2. The summed E-state index contributed by atoms with van der Waals surface area (Å²) >= 11 is 0. The average molecular weight is 370 g/mol. The fourth-order valence-corrected chi connectivity index (χ4v) is 2.42. The Morgan fingerprint density at radius 2 is 1.74 bits per heavy atom. The Hall–Kier alpha value is -2.53. The number of rotatable bonds is 8. The van der Waals surface area contributed by atoms with E-state index in [1.807, 2.05) is 76.2 Å². The summed E-state index contributed by atoms with van der Waals surface area (Å²) in [6.07, 6.45) is 0. The van der Waals surface area contributed by atoms with Gasteiger partial charge in [0.15, 0.2) is 0 Å². The molecule has 0 aliphatic rings. The second kappa shape index (κ2) is 9.97. The Morgan fingerprint density at radius 1 is 1.00 bits per heavy atom. The quantitative estimate of drug-likeness (QED) is 0.685. The van der Waals surface area contributed by atoms with Crippen molar-refractivity contribution in [3.63, 3.8) is 0 Å². The summed E-state index contributed by atoms with van der Waals surface area (Å²) in [5.74, 6) is 0.842. The number of hydrogen-bond donors (Lipinski definition) is 2. The lowest BCUT2D eigenvalue weighted by atomic mass is 10.1. The van der Waals surface area contributed by atoms with Crippen molar-refractivity contribution in [3.05, 3.63) is 65.2 Å². The molecule has 0 aliphatic heterocycles. The Morgan fingerprint density at radius 3 is 2.48 bits per heavy atom. The minimum absolute atomic E-state index is 0.172. The van der Waals surface area contributed by atoms with Crippen LogP contribution >= 0.6 is 0 Å². The van der Waals surface area contributed by atoms with Gasteiger partial charge in [0, 0.05) is 6.54 Å². The highest BCUT2D eigenvalue weighted by molar-refractivity contribution is 5.73. The van der Waals surface area contributed by atoms with Crippen LogP contribution in [0.4, 0.5) is 4.79 Å². The fraction of sp³-hybridized carbons (Fsp3) is 0.409. The molecular formula is C22H30N2O3. The molecule has 0 fully saturated rings. The van der Waals surface area contributed by atoms with Crippen LogP contribution in [0.3, 0.4) is 0 Å². The van der Waals surface area contributed by atoms with Crippen LogP contribution in [0.2, 0.25) is 0 Å². The van der Waals surface area contributed by atoms with E-state index in [9.17, 15) is 4.79 Å². The van der Waals surface area contributed by atoms with Gasteiger partial charge < -0.3 is 20.1 Å². The molecule has 0 bridgehead atoms.